The summed E-state index contributed by atoms with van der Waals surface area (Å²) >= 11 is 6.13. The Labute approximate surface area is 103 Å². The van der Waals surface area contributed by atoms with E-state index in [1.54, 1.807) is 0 Å². The molecule has 0 radical (unpaired) electrons. The van der Waals surface area contributed by atoms with Crippen LogP contribution in [0.5, 0.6) is 0 Å². The van der Waals surface area contributed by atoms with Crippen molar-refractivity contribution in [3.05, 3.63) is 28.8 Å². The lowest BCUT2D eigenvalue weighted by Crippen LogP contribution is -2.44. The molecule has 2 nitrogen and oxygen atoms in total. The van der Waals surface area contributed by atoms with Crippen LogP contribution in [0.15, 0.2) is 18.2 Å². The lowest BCUT2D eigenvalue weighted by Gasteiger charge is -2.34. The van der Waals surface area contributed by atoms with Gasteiger partial charge in [0.2, 0.25) is 0 Å². The number of rotatable bonds is 2. The summed E-state index contributed by atoms with van der Waals surface area (Å²) in [6.45, 7) is 6.66. The fourth-order valence-corrected chi connectivity index (χ4v) is 2.34. The molecule has 16 heavy (non-hydrogen) atoms. The maximum absolute atomic E-state index is 6.13. The SMILES string of the molecule is CCc1cc(N2CCN(C)CC2)ccc1Cl. The molecule has 1 aliphatic heterocycles. The van der Waals surface area contributed by atoms with Crippen LogP contribution < -0.4 is 4.90 Å². The first-order chi connectivity index (χ1) is 7.70. The highest BCUT2D eigenvalue weighted by Crippen LogP contribution is 2.24. The summed E-state index contributed by atoms with van der Waals surface area (Å²) in [6, 6.07) is 6.38. The van der Waals surface area contributed by atoms with Gasteiger partial charge in [-0.05, 0) is 37.2 Å². The van der Waals surface area contributed by atoms with Gasteiger partial charge in [0.15, 0.2) is 0 Å². The van der Waals surface area contributed by atoms with Gasteiger partial charge < -0.3 is 9.80 Å². The third kappa shape index (κ3) is 2.50. The van der Waals surface area contributed by atoms with Crippen LogP contribution in [0.3, 0.4) is 0 Å². The van der Waals surface area contributed by atoms with Crippen LogP contribution in [-0.2, 0) is 6.42 Å². The molecule has 2 rings (SSSR count). The third-order valence-electron chi connectivity index (χ3n) is 3.28. The first-order valence-electron chi connectivity index (χ1n) is 5.92. The summed E-state index contributed by atoms with van der Waals surface area (Å²) in [5.41, 5.74) is 2.56. The second kappa shape index (κ2) is 5.07. The number of hydrogen-bond acceptors (Lipinski definition) is 2. The van der Waals surface area contributed by atoms with E-state index < -0.39 is 0 Å². The van der Waals surface area contributed by atoms with Crippen LogP contribution in [-0.4, -0.2) is 38.1 Å². The van der Waals surface area contributed by atoms with Gasteiger partial charge in [0.25, 0.3) is 0 Å². The van der Waals surface area contributed by atoms with Crippen LogP contribution in [0.25, 0.3) is 0 Å². The van der Waals surface area contributed by atoms with Crippen LogP contribution >= 0.6 is 11.6 Å². The number of hydrogen-bond donors (Lipinski definition) is 0. The lowest BCUT2D eigenvalue weighted by molar-refractivity contribution is 0.313. The second-order valence-electron chi connectivity index (χ2n) is 4.42. The molecule has 0 spiro atoms. The number of nitrogens with zero attached hydrogens (tertiary/aromatic N) is 2. The van der Waals surface area contributed by atoms with Crippen molar-refractivity contribution in [2.24, 2.45) is 0 Å². The van der Waals surface area contributed by atoms with Crippen molar-refractivity contribution in [2.45, 2.75) is 13.3 Å². The van der Waals surface area contributed by atoms with E-state index >= 15 is 0 Å². The van der Waals surface area contributed by atoms with Gasteiger partial charge in [-0.1, -0.05) is 18.5 Å². The van der Waals surface area contributed by atoms with Crippen LogP contribution in [0.2, 0.25) is 5.02 Å². The summed E-state index contributed by atoms with van der Waals surface area (Å²) in [5, 5.41) is 0.889. The molecule has 1 fully saturated rings. The van der Waals surface area contributed by atoms with Crippen LogP contribution in [0.4, 0.5) is 5.69 Å². The Kier molecular flexibility index (Phi) is 3.72. The van der Waals surface area contributed by atoms with E-state index in [1.165, 1.54) is 11.3 Å². The van der Waals surface area contributed by atoms with E-state index in [0.717, 1.165) is 37.6 Å². The number of halogens is 1. The highest BCUT2D eigenvalue weighted by molar-refractivity contribution is 6.31. The number of benzene rings is 1. The number of likely N-dealkylation sites (N-methyl/N-ethyl adjacent to an activating group) is 1. The Balaban J connectivity index is 2.14. The van der Waals surface area contributed by atoms with Gasteiger partial charge in [-0.25, -0.2) is 0 Å². The molecule has 0 amide bonds. The quantitative estimate of drug-likeness (QED) is 0.782. The normalized spacial score (nSPS) is 17.8. The van der Waals surface area contributed by atoms with Crippen molar-refractivity contribution in [3.8, 4) is 0 Å². The number of piperazine rings is 1. The minimum Gasteiger partial charge on any atom is -0.369 e. The molecule has 1 aliphatic rings. The van der Waals surface area contributed by atoms with Crippen molar-refractivity contribution in [3.63, 3.8) is 0 Å². The molecule has 0 unspecified atom stereocenters. The Bertz CT molecular complexity index is 357. The molecule has 1 saturated heterocycles. The summed E-state index contributed by atoms with van der Waals surface area (Å²) in [5.74, 6) is 0. The monoisotopic (exact) mass is 238 g/mol. The Hall–Kier alpha value is -0.730. The summed E-state index contributed by atoms with van der Waals surface area (Å²) in [7, 11) is 2.18. The van der Waals surface area contributed by atoms with Gasteiger partial charge in [-0.2, -0.15) is 0 Å². The fraction of sp³-hybridized carbons (Fsp3) is 0.538. The average Bonchev–Trinajstić information content (AvgIpc) is 2.31. The molecule has 1 heterocycles. The highest BCUT2D eigenvalue weighted by Gasteiger charge is 2.14. The maximum Gasteiger partial charge on any atom is 0.0439 e. The van der Waals surface area contributed by atoms with Crippen molar-refractivity contribution >= 4 is 17.3 Å². The lowest BCUT2D eigenvalue weighted by atomic mass is 10.1. The van der Waals surface area contributed by atoms with Crippen molar-refractivity contribution in [2.75, 3.05) is 38.1 Å². The first kappa shape index (κ1) is 11.7. The van der Waals surface area contributed by atoms with E-state index in [1.807, 2.05) is 6.07 Å². The third-order valence-corrected chi connectivity index (χ3v) is 3.65. The van der Waals surface area contributed by atoms with Gasteiger partial charge in [-0.3, -0.25) is 0 Å². The molecule has 0 N–H and O–H groups in total. The van der Waals surface area contributed by atoms with Crippen molar-refractivity contribution < 1.29 is 0 Å². The average molecular weight is 239 g/mol. The summed E-state index contributed by atoms with van der Waals surface area (Å²) < 4.78 is 0. The standard InChI is InChI=1S/C13H19ClN2/c1-3-11-10-12(4-5-13(11)14)16-8-6-15(2)7-9-16/h4-5,10H,3,6-9H2,1-2H3. The smallest absolute Gasteiger partial charge is 0.0439 e. The molecule has 0 saturated carbocycles. The zero-order chi connectivity index (χ0) is 11.5. The van der Waals surface area contributed by atoms with Crippen LogP contribution in [0, 0.1) is 0 Å². The maximum atomic E-state index is 6.13. The van der Waals surface area contributed by atoms with E-state index in [4.69, 9.17) is 11.6 Å². The molecule has 0 atom stereocenters. The minimum atomic E-state index is 0.889. The molecule has 0 bridgehead atoms. The zero-order valence-corrected chi connectivity index (χ0v) is 10.8. The number of aryl methyl sites for hydroxylation is 1. The molecular formula is C13H19ClN2. The van der Waals surface area contributed by atoms with Gasteiger partial charge >= 0.3 is 0 Å². The fourth-order valence-electron chi connectivity index (χ4n) is 2.09. The minimum absolute atomic E-state index is 0.889. The van der Waals surface area contributed by atoms with Crippen molar-refractivity contribution in [1.29, 1.82) is 0 Å². The second-order valence-corrected chi connectivity index (χ2v) is 4.83. The molecule has 1 aromatic carbocycles. The van der Waals surface area contributed by atoms with Gasteiger partial charge in [0.05, 0.1) is 0 Å². The zero-order valence-electron chi connectivity index (χ0n) is 10.0. The Morgan fingerprint density at radius 1 is 1.19 bits per heavy atom. The van der Waals surface area contributed by atoms with Crippen molar-refractivity contribution in [1.82, 2.24) is 4.90 Å². The first-order valence-corrected chi connectivity index (χ1v) is 6.30. The van der Waals surface area contributed by atoms with Gasteiger partial charge in [0.1, 0.15) is 0 Å². The molecule has 3 heteroatoms. The predicted octanol–water partition coefficient (Wildman–Crippen LogP) is 2.65. The number of anilines is 1. The summed E-state index contributed by atoms with van der Waals surface area (Å²) in [6.07, 6.45) is 1.00. The van der Waals surface area contributed by atoms with E-state index in [2.05, 4.69) is 35.9 Å². The molecule has 1 aromatic rings. The van der Waals surface area contributed by atoms with Crippen LogP contribution in [0.1, 0.15) is 12.5 Å². The van der Waals surface area contributed by atoms with E-state index in [-0.39, 0.29) is 0 Å². The predicted molar refractivity (Wildman–Crippen MR) is 70.5 cm³/mol. The molecule has 88 valence electrons. The summed E-state index contributed by atoms with van der Waals surface area (Å²) in [4.78, 5) is 4.81. The molecule has 0 aromatic heterocycles. The van der Waals surface area contributed by atoms with Gasteiger partial charge in [-0.15, -0.1) is 0 Å². The van der Waals surface area contributed by atoms with E-state index in [0.29, 0.717) is 0 Å². The largest absolute Gasteiger partial charge is 0.369 e. The topological polar surface area (TPSA) is 6.48 Å². The highest BCUT2D eigenvalue weighted by atomic mass is 35.5. The molecule has 0 aliphatic carbocycles. The Morgan fingerprint density at radius 3 is 2.50 bits per heavy atom. The molecular weight excluding hydrogens is 220 g/mol. The van der Waals surface area contributed by atoms with Gasteiger partial charge in [0, 0.05) is 36.9 Å². The van der Waals surface area contributed by atoms with E-state index in [9.17, 15) is 0 Å². The Morgan fingerprint density at radius 2 is 1.88 bits per heavy atom.